The van der Waals surface area contributed by atoms with Crippen molar-refractivity contribution in [3.8, 4) is 0 Å². The SMILES string of the molecule is CS(=O)(=O)c1ccc(NCC2CCCC(O)C2)c(N)c1. The van der Waals surface area contributed by atoms with Gasteiger partial charge >= 0.3 is 0 Å². The summed E-state index contributed by atoms with van der Waals surface area (Å²) in [7, 11) is -3.23. The second-order valence-electron chi connectivity index (χ2n) is 5.59. The van der Waals surface area contributed by atoms with Crippen molar-refractivity contribution in [2.24, 2.45) is 5.92 Å². The minimum absolute atomic E-state index is 0.194. The Morgan fingerprint density at radius 3 is 2.75 bits per heavy atom. The second-order valence-corrected chi connectivity index (χ2v) is 7.60. The largest absolute Gasteiger partial charge is 0.397 e. The number of benzene rings is 1. The molecule has 1 aromatic rings. The third kappa shape index (κ3) is 3.86. The van der Waals surface area contributed by atoms with E-state index in [1.807, 2.05) is 0 Å². The Balaban J connectivity index is 2.00. The van der Waals surface area contributed by atoms with Crippen LogP contribution >= 0.6 is 0 Å². The first-order valence-electron chi connectivity index (χ1n) is 6.88. The van der Waals surface area contributed by atoms with Gasteiger partial charge < -0.3 is 16.2 Å². The summed E-state index contributed by atoms with van der Waals surface area (Å²) >= 11 is 0. The van der Waals surface area contributed by atoms with Crippen LogP contribution in [0.4, 0.5) is 11.4 Å². The summed E-state index contributed by atoms with van der Waals surface area (Å²) in [6, 6.07) is 4.74. The van der Waals surface area contributed by atoms with Crippen LogP contribution in [0.2, 0.25) is 0 Å². The van der Waals surface area contributed by atoms with Crippen molar-refractivity contribution < 1.29 is 13.5 Å². The van der Waals surface area contributed by atoms with Gasteiger partial charge in [0.05, 0.1) is 22.4 Å². The van der Waals surface area contributed by atoms with Crippen LogP contribution in [0.15, 0.2) is 23.1 Å². The van der Waals surface area contributed by atoms with Gasteiger partial charge in [-0.3, -0.25) is 0 Å². The highest BCUT2D eigenvalue weighted by Gasteiger charge is 2.20. The zero-order chi connectivity index (χ0) is 14.8. The topological polar surface area (TPSA) is 92.4 Å². The molecule has 0 amide bonds. The van der Waals surface area contributed by atoms with Crippen LogP contribution in [-0.4, -0.2) is 32.4 Å². The molecule has 20 heavy (non-hydrogen) atoms. The predicted molar refractivity (Wildman–Crippen MR) is 80.4 cm³/mol. The van der Waals surface area contributed by atoms with Crippen molar-refractivity contribution in [1.29, 1.82) is 0 Å². The first kappa shape index (κ1) is 15.1. The summed E-state index contributed by atoms with van der Waals surface area (Å²) < 4.78 is 22.9. The number of aliphatic hydroxyl groups excluding tert-OH is 1. The van der Waals surface area contributed by atoms with Gasteiger partial charge in [0.1, 0.15) is 0 Å². The van der Waals surface area contributed by atoms with E-state index < -0.39 is 9.84 Å². The number of hydrogen-bond acceptors (Lipinski definition) is 5. The molecule has 5 nitrogen and oxygen atoms in total. The average Bonchev–Trinajstić information content (AvgIpc) is 2.36. The van der Waals surface area contributed by atoms with Crippen molar-refractivity contribution in [2.75, 3.05) is 23.9 Å². The van der Waals surface area contributed by atoms with E-state index in [1.54, 1.807) is 12.1 Å². The van der Waals surface area contributed by atoms with E-state index in [2.05, 4.69) is 5.32 Å². The summed E-state index contributed by atoms with van der Waals surface area (Å²) in [4.78, 5) is 0.230. The zero-order valence-electron chi connectivity index (χ0n) is 11.7. The maximum Gasteiger partial charge on any atom is 0.175 e. The number of anilines is 2. The third-order valence-electron chi connectivity index (χ3n) is 3.79. The number of hydrogen-bond donors (Lipinski definition) is 3. The van der Waals surface area contributed by atoms with Gasteiger partial charge in [-0.25, -0.2) is 8.42 Å². The Bertz CT molecular complexity index is 572. The molecule has 6 heteroatoms. The summed E-state index contributed by atoms with van der Waals surface area (Å²) in [6.07, 6.45) is 4.83. The average molecular weight is 298 g/mol. The monoisotopic (exact) mass is 298 g/mol. The van der Waals surface area contributed by atoms with E-state index in [0.717, 1.165) is 44.2 Å². The van der Waals surface area contributed by atoms with E-state index in [9.17, 15) is 13.5 Å². The van der Waals surface area contributed by atoms with Gasteiger partial charge in [-0.05, 0) is 43.4 Å². The minimum Gasteiger partial charge on any atom is -0.397 e. The molecule has 0 bridgehead atoms. The molecule has 1 fully saturated rings. The number of nitrogens with one attached hydrogen (secondary N) is 1. The highest BCUT2D eigenvalue weighted by Crippen LogP contribution is 2.27. The number of sulfone groups is 1. The fourth-order valence-corrected chi connectivity index (χ4v) is 3.29. The zero-order valence-corrected chi connectivity index (χ0v) is 12.5. The molecule has 0 aromatic heterocycles. The Hall–Kier alpha value is -1.27. The van der Waals surface area contributed by atoms with Crippen LogP contribution in [0.1, 0.15) is 25.7 Å². The van der Waals surface area contributed by atoms with Gasteiger partial charge in [0.15, 0.2) is 9.84 Å². The van der Waals surface area contributed by atoms with E-state index >= 15 is 0 Å². The van der Waals surface area contributed by atoms with Gasteiger partial charge in [-0.1, -0.05) is 6.42 Å². The van der Waals surface area contributed by atoms with Crippen molar-refractivity contribution in [2.45, 2.75) is 36.7 Å². The molecule has 1 aliphatic rings. The van der Waals surface area contributed by atoms with Gasteiger partial charge in [0, 0.05) is 12.8 Å². The van der Waals surface area contributed by atoms with Gasteiger partial charge in [-0.15, -0.1) is 0 Å². The van der Waals surface area contributed by atoms with E-state index in [-0.39, 0.29) is 11.0 Å². The maximum absolute atomic E-state index is 11.4. The lowest BCUT2D eigenvalue weighted by Crippen LogP contribution is -2.25. The van der Waals surface area contributed by atoms with E-state index in [0.29, 0.717) is 11.6 Å². The molecule has 0 aliphatic heterocycles. The number of nitrogens with two attached hydrogens (primary N) is 1. The normalized spacial score (nSPS) is 23.5. The summed E-state index contributed by atoms with van der Waals surface area (Å²) in [5.41, 5.74) is 7.07. The van der Waals surface area contributed by atoms with E-state index in [4.69, 9.17) is 5.73 Å². The second kappa shape index (κ2) is 6.01. The quantitative estimate of drug-likeness (QED) is 0.735. The third-order valence-corrected chi connectivity index (χ3v) is 4.90. The molecule has 1 saturated carbocycles. The van der Waals surface area contributed by atoms with Crippen LogP contribution in [0, 0.1) is 5.92 Å². The molecule has 1 aliphatic carbocycles. The molecule has 0 heterocycles. The van der Waals surface area contributed by atoms with E-state index in [1.165, 1.54) is 6.07 Å². The molecular formula is C14H22N2O3S. The molecular weight excluding hydrogens is 276 g/mol. The van der Waals surface area contributed by atoms with Gasteiger partial charge in [0.25, 0.3) is 0 Å². The molecule has 2 rings (SSSR count). The summed E-state index contributed by atoms with van der Waals surface area (Å²) in [6.45, 7) is 0.749. The standard InChI is InChI=1S/C14H22N2O3S/c1-20(18,19)12-5-6-14(13(15)8-12)16-9-10-3-2-4-11(17)7-10/h5-6,8,10-11,16-17H,2-4,7,9,15H2,1H3. The lowest BCUT2D eigenvalue weighted by atomic mass is 9.87. The molecule has 0 spiro atoms. The molecule has 0 radical (unpaired) electrons. The lowest BCUT2D eigenvalue weighted by molar-refractivity contribution is 0.105. The Kier molecular flexibility index (Phi) is 4.55. The molecule has 1 aromatic carbocycles. The number of nitrogen functional groups attached to an aromatic ring is 1. The van der Waals surface area contributed by atoms with Crippen LogP contribution < -0.4 is 11.1 Å². The van der Waals surface area contributed by atoms with Crippen molar-refractivity contribution >= 4 is 21.2 Å². The summed E-state index contributed by atoms with van der Waals surface area (Å²) in [5, 5.41) is 12.9. The predicted octanol–water partition coefficient (Wildman–Crippen LogP) is 1.64. The molecule has 112 valence electrons. The Morgan fingerprint density at radius 1 is 1.40 bits per heavy atom. The van der Waals surface area contributed by atoms with Gasteiger partial charge in [-0.2, -0.15) is 0 Å². The van der Waals surface area contributed by atoms with Crippen molar-refractivity contribution in [1.82, 2.24) is 0 Å². The lowest BCUT2D eigenvalue weighted by Gasteiger charge is -2.26. The first-order chi connectivity index (χ1) is 9.36. The number of rotatable bonds is 4. The fourth-order valence-electron chi connectivity index (χ4n) is 2.63. The molecule has 2 atom stereocenters. The van der Waals surface area contributed by atoms with Crippen LogP contribution in [0.25, 0.3) is 0 Å². The molecule has 0 saturated heterocycles. The first-order valence-corrected chi connectivity index (χ1v) is 8.77. The Morgan fingerprint density at radius 2 is 2.15 bits per heavy atom. The molecule has 2 unspecified atom stereocenters. The highest BCUT2D eigenvalue weighted by atomic mass is 32.2. The summed E-state index contributed by atoms with van der Waals surface area (Å²) in [5.74, 6) is 0.438. The van der Waals surface area contributed by atoms with Gasteiger partial charge in [0.2, 0.25) is 0 Å². The fraction of sp³-hybridized carbons (Fsp3) is 0.571. The number of aliphatic hydroxyl groups is 1. The van der Waals surface area contributed by atoms with Crippen LogP contribution in [0.3, 0.4) is 0 Å². The van der Waals surface area contributed by atoms with Crippen molar-refractivity contribution in [3.63, 3.8) is 0 Å². The molecule has 4 N–H and O–H groups in total. The Labute approximate surface area is 120 Å². The van der Waals surface area contributed by atoms with Crippen LogP contribution in [-0.2, 0) is 9.84 Å². The van der Waals surface area contributed by atoms with Crippen molar-refractivity contribution in [3.05, 3.63) is 18.2 Å². The van der Waals surface area contributed by atoms with Crippen LogP contribution in [0.5, 0.6) is 0 Å². The minimum atomic E-state index is -3.23. The highest BCUT2D eigenvalue weighted by molar-refractivity contribution is 7.90. The maximum atomic E-state index is 11.4. The smallest absolute Gasteiger partial charge is 0.175 e.